The Balaban J connectivity index is 2.07. The molecule has 0 bridgehead atoms. The van der Waals surface area contributed by atoms with Gasteiger partial charge in [-0.3, -0.25) is 4.74 Å². The number of rotatable bonds is 12. The number of halogens is 10. The quantitative estimate of drug-likeness (QED) is 0.248. The Labute approximate surface area is 199 Å². The van der Waals surface area contributed by atoms with Gasteiger partial charge in [-0.05, 0) is 48.6 Å². The van der Waals surface area contributed by atoms with Crippen LogP contribution in [0.2, 0.25) is 0 Å². The highest BCUT2D eigenvalue weighted by molar-refractivity contribution is 5.35. The van der Waals surface area contributed by atoms with Gasteiger partial charge in [0.2, 0.25) is 0 Å². The minimum absolute atomic E-state index is 0.0801. The van der Waals surface area contributed by atoms with Crippen molar-refractivity contribution in [1.29, 1.82) is 0 Å². The summed E-state index contributed by atoms with van der Waals surface area (Å²) in [6.07, 6.45) is -17.7. The predicted octanol–water partition coefficient (Wildman–Crippen LogP) is 6.49. The Morgan fingerprint density at radius 1 is 0.806 bits per heavy atom. The summed E-state index contributed by atoms with van der Waals surface area (Å²) in [6, 6.07) is 9.22. The minimum Gasteiger partial charge on any atom is -0.491 e. The fourth-order valence-corrected chi connectivity index (χ4v) is 3.26. The standard InChI is InChI=1S/C22H21F10NO3/c23-12-16(33-20(24,25)26)11-18(36-22(30,31)32)13-34-19-7-2-1-5-15(19)9-8-14-4-3-6-17(10-14)35-21(27,28)29/h1-7,10,16,18,33H,8-9,11-13H2. The van der Waals surface area contributed by atoms with E-state index in [1.165, 1.54) is 24.3 Å². The van der Waals surface area contributed by atoms with Crippen molar-refractivity contribution in [2.45, 2.75) is 50.4 Å². The number of hydrogen-bond acceptors (Lipinski definition) is 4. The Kier molecular flexibility index (Phi) is 10.2. The van der Waals surface area contributed by atoms with E-state index in [1.807, 2.05) is 0 Å². The first-order valence-electron chi connectivity index (χ1n) is 10.3. The van der Waals surface area contributed by atoms with E-state index in [9.17, 15) is 43.9 Å². The van der Waals surface area contributed by atoms with Crippen LogP contribution in [0, 0.1) is 0 Å². The third kappa shape index (κ3) is 11.8. The molecule has 2 unspecified atom stereocenters. The molecule has 0 saturated carbocycles. The molecule has 2 atom stereocenters. The third-order valence-electron chi connectivity index (χ3n) is 4.61. The van der Waals surface area contributed by atoms with Crippen LogP contribution in [-0.2, 0) is 17.6 Å². The van der Waals surface area contributed by atoms with E-state index in [0.717, 1.165) is 11.4 Å². The highest BCUT2D eigenvalue weighted by atomic mass is 19.4. The van der Waals surface area contributed by atoms with Gasteiger partial charge in [-0.15, -0.1) is 26.3 Å². The monoisotopic (exact) mass is 537 g/mol. The van der Waals surface area contributed by atoms with Crippen LogP contribution in [0.15, 0.2) is 48.5 Å². The maximum Gasteiger partial charge on any atom is 0.573 e. The molecular formula is C22H21F10NO3. The molecule has 2 aromatic carbocycles. The van der Waals surface area contributed by atoms with E-state index in [-0.39, 0.29) is 18.6 Å². The molecule has 14 heteroatoms. The third-order valence-corrected chi connectivity index (χ3v) is 4.61. The molecule has 0 aliphatic carbocycles. The number of benzene rings is 2. The first-order valence-corrected chi connectivity index (χ1v) is 10.3. The molecule has 0 aliphatic heterocycles. The van der Waals surface area contributed by atoms with E-state index >= 15 is 0 Å². The molecule has 2 aromatic rings. The second kappa shape index (κ2) is 12.5. The highest BCUT2D eigenvalue weighted by Crippen LogP contribution is 2.27. The largest absolute Gasteiger partial charge is 0.573 e. The molecule has 0 spiro atoms. The van der Waals surface area contributed by atoms with Gasteiger partial charge in [-0.1, -0.05) is 30.3 Å². The molecule has 0 amide bonds. The van der Waals surface area contributed by atoms with Gasteiger partial charge in [-0.2, -0.15) is 13.2 Å². The summed E-state index contributed by atoms with van der Waals surface area (Å²) >= 11 is 0. The molecule has 0 fully saturated rings. The summed E-state index contributed by atoms with van der Waals surface area (Å²) in [4.78, 5) is 0. The average molecular weight is 537 g/mol. The Bertz CT molecular complexity index is 947. The second-order valence-electron chi connectivity index (χ2n) is 7.53. The van der Waals surface area contributed by atoms with Crippen LogP contribution in [0.4, 0.5) is 43.9 Å². The summed E-state index contributed by atoms with van der Waals surface area (Å²) < 4.78 is 139. The number of hydrogen-bond donors (Lipinski definition) is 1. The van der Waals surface area contributed by atoms with Crippen LogP contribution in [0.25, 0.3) is 0 Å². The summed E-state index contributed by atoms with van der Waals surface area (Å²) in [5.41, 5.74) is 0.926. The van der Waals surface area contributed by atoms with E-state index in [1.54, 1.807) is 18.2 Å². The van der Waals surface area contributed by atoms with Crippen molar-refractivity contribution in [3.05, 3.63) is 59.7 Å². The zero-order valence-corrected chi connectivity index (χ0v) is 18.3. The Morgan fingerprint density at radius 2 is 1.50 bits per heavy atom. The van der Waals surface area contributed by atoms with Crippen LogP contribution >= 0.6 is 0 Å². The van der Waals surface area contributed by atoms with Gasteiger partial charge in [0, 0.05) is 6.04 Å². The molecule has 202 valence electrons. The maximum atomic E-state index is 13.0. The summed E-state index contributed by atoms with van der Waals surface area (Å²) in [5, 5.41) is 0.930. The second-order valence-corrected chi connectivity index (χ2v) is 7.53. The lowest BCUT2D eigenvalue weighted by Crippen LogP contribution is -2.45. The molecular weight excluding hydrogens is 516 g/mol. The SMILES string of the molecule is FCC(CC(COc1ccccc1CCc1cccc(OC(F)(F)F)c1)OC(F)(F)F)NC(F)(F)F. The van der Waals surface area contributed by atoms with Crippen molar-refractivity contribution in [2.75, 3.05) is 13.3 Å². The summed E-state index contributed by atoms with van der Waals surface area (Å²) in [5.74, 6) is -0.344. The summed E-state index contributed by atoms with van der Waals surface area (Å²) in [6.45, 7) is -2.45. The fourth-order valence-electron chi connectivity index (χ4n) is 3.26. The number of alkyl halides is 10. The number of ether oxygens (including phenoxy) is 3. The van der Waals surface area contributed by atoms with E-state index in [2.05, 4.69) is 9.47 Å². The molecule has 0 aromatic heterocycles. The van der Waals surface area contributed by atoms with Crippen molar-refractivity contribution in [2.24, 2.45) is 0 Å². The zero-order chi connectivity index (χ0) is 27.0. The van der Waals surface area contributed by atoms with E-state index in [0.29, 0.717) is 11.1 Å². The van der Waals surface area contributed by atoms with E-state index in [4.69, 9.17) is 4.74 Å². The van der Waals surface area contributed by atoms with E-state index < -0.39 is 56.6 Å². The molecule has 0 heterocycles. The van der Waals surface area contributed by atoms with Crippen LogP contribution in [0.3, 0.4) is 0 Å². The van der Waals surface area contributed by atoms with Crippen LogP contribution in [0.5, 0.6) is 11.5 Å². The molecule has 1 N–H and O–H groups in total. The first-order chi connectivity index (χ1) is 16.6. The highest BCUT2D eigenvalue weighted by Gasteiger charge is 2.37. The lowest BCUT2D eigenvalue weighted by atomic mass is 10.0. The first kappa shape index (κ1) is 29.5. The summed E-state index contributed by atoms with van der Waals surface area (Å²) in [7, 11) is 0. The van der Waals surface area contributed by atoms with Crippen molar-refractivity contribution < 1.29 is 58.1 Å². The molecule has 4 nitrogen and oxygen atoms in total. The number of aryl methyl sites for hydroxylation is 2. The van der Waals surface area contributed by atoms with Crippen molar-refractivity contribution in [1.82, 2.24) is 5.32 Å². The maximum absolute atomic E-state index is 13.0. The number of para-hydroxylation sites is 1. The van der Waals surface area contributed by atoms with Gasteiger partial charge in [0.15, 0.2) is 0 Å². The molecule has 2 rings (SSSR count). The van der Waals surface area contributed by atoms with Gasteiger partial charge >= 0.3 is 19.0 Å². The lowest BCUT2D eigenvalue weighted by molar-refractivity contribution is -0.346. The van der Waals surface area contributed by atoms with Gasteiger partial charge in [0.25, 0.3) is 0 Å². The minimum atomic E-state index is -5.21. The normalized spacial score (nSPS) is 14.4. The Morgan fingerprint density at radius 3 is 2.11 bits per heavy atom. The molecule has 0 radical (unpaired) electrons. The van der Waals surface area contributed by atoms with Crippen LogP contribution < -0.4 is 14.8 Å². The fraction of sp³-hybridized carbons (Fsp3) is 0.455. The van der Waals surface area contributed by atoms with Crippen LogP contribution in [0.1, 0.15) is 17.5 Å². The van der Waals surface area contributed by atoms with Gasteiger partial charge < -0.3 is 9.47 Å². The van der Waals surface area contributed by atoms with Gasteiger partial charge in [0.05, 0.1) is 0 Å². The van der Waals surface area contributed by atoms with Gasteiger partial charge in [-0.25, -0.2) is 9.71 Å². The van der Waals surface area contributed by atoms with Gasteiger partial charge in [0.1, 0.15) is 30.9 Å². The topological polar surface area (TPSA) is 39.7 Å². The van der Waals surface area contributed by atoms with Crippen molar-refractivity contribution in [3.63, 3.8) is 0 Å². The van der Waals surface area contributed by atoms with Crippen LogP contribution in [-0.4, -0.2) is 44.5 Å². The smallest absolute Gasteiger partial charge is 0.491 e. The van der Waals surface area contributed by atoms with Crippen molar-refractivity contribution >= 4 is 0 Å². The lowest BCUT2D eigenvalue weighted by Gasteiger charge is -2.25. The van der Waals surface area contributed by atoms with Crippen molar-refractivity contribution in [3.8, 4) is 11.5 Å². The molecule has 36 heavy (non-hydrogen) atoms. The Hall–Kier alpha value is -2.74. The molecule has 0 aliphatic rings. The zero-order valence-electron chi connectivity index (χ0n) is 18.3. The average Bonchev–Trinajstić information content (AvgIpc) is 2.73. The predicted molar refractivity (Wildman–Crippen MR) is 107 cm³/mol. The number of nitrogens with one attached hydrogen (secondary N) is 1. The molecule has 0 saturated heterocycles.